The standard InChI is InChI=1S/C22H23N3O4/c1-2-3-14-4-6-15(7-5-14)21-24-20(25-29-21)16-8-9-18-17(10-16)11-19(28-18)22(23,12-26)13-27/h4-11,26-27H,2-3,12-13,23H2,1H3. The van der Waals surface area contributed by atoms with Crippen LogP contribution in [0.15, 0.2) is 57.5 Å². The molecule has 2 heterocycles. The summed E-state index contributed by atoms with van der Waals surface area (Å²) in [5.74, 6) is 1.23. The van der Waals surface area contributed by atoms with Gasteiger partial charge in [-0.2, -0.15) is 4.98 Å². The molecule has 2 aromatic carbocycles. The van der Waals surface area contributed by atoms with Crippen molar-refractivity contribution in [2.45, 2.75) is 25.3 Å². The van der Waals surface area contributed by atoms with Gasteiger partial charge in [-0.25, -0.2) is 0 Å². The molecule has 0 aliphatic rings. The highest BCUT2D eigenvalue weighted by atomic mass is 16.5. The predicted molar refractivity (Wildman–Crippen MR) is 109 cm³/mol. The first-order valence-corrected chi connectivity index (χ1v) is 9.54. The van der Waals surface area contributed by atoms with Crippen LogP contribution in [0, 0.1) is 0 Å². The van der Waals surface area contributed by atoms with E-state index in [0.29, 0.717) is 23.1 Å². The Morgan fingerprint density at radius 2 is 1.72 bits per heavy atom. The number of rotatable bonds is 7. The van der Waals surface area contributed by atoms with E-state index in [1.165, 1.54) is 5.56 Å². The third-order valence-corrected chi connectivity index (χ3v) is 5.00. The highest BCUT2D eigenvalue weighted by molar-refractivity contribution is 5.83. The van der Waals surface area contributed by atoms with Crippen molar-refractivity contribution >= 4 is 11.0 Å². The van der Waals surface area contributed by atoms with Crippen LogP contribution in [0.5, 0.6) is 0 Å². The molecule has 7 heteroatoms. The Hall–Kier alpha value is -3.00. The van der Waals surface area contributed by atoms with Crippen molar-refractivity contribution in [3.63, 3.8) is 0 Å². The molecule has 0 saturated carbocycles. The summed E-state index contributed by atoms with van der Waals surface area (Å²) < 4.78 is 11.1. The van der Waals surface area contributed by atoms with Gasteiger partial charge in [0.15, 0.2) is 0 Å². The number of hydrogen-bond acceptors (Lipinski definition) is 7. The molecule has 4 rings (SSSR count). The molecule has 0 unspecified atom stereocenters. The maximum Gasteiger partial charge on any atom is 0.258 e. The molecule has 0 bridgehead atoms. The van der Waals surface area contributed by atoms with E-state index in [2.05, 4.69) is 29.2 Å². The Bertz CT molecular complexity index is 1110. The fraction of sp³-hybridized carbons (Fsp3) is 0.273. The second kappa shape index (κ2) is 7.79. The molecule has 2 aromatic heterocycles. The first-order chi connectivity index (χ1) is 14.1. The number of aliphatic hydroxyl groups is 2. The zero-order chi connectivity index (χ0) is 20.4. The Kier molecular flexibility index (Phi) is 5.19. The van der Waals surface area contributed by atoms with Crippen molar-refractivity contribution in [2.24, 2.45) is 5.73 Å². The van der Waals surface area contributed by atoms with Gasteiger partial charge in [0.1, 0.15) is 16.9 Å². The molecule has 0 fully saturated rings. The summed E-state index contributed by atoms with van der Waals surface area (Å²) in [6, 6.07) is 15.3. The minimum atomic E-state index is -1.33. The van der Waals surface area contributed by atoms with Gasteiger partial charge in [-0.1, -0.05) is 30.6 Å². The van der Waals surface area contributed by atoms with E-state index < -0.39 is 18.8 Å². The first kappa shape index (κ1) is 19.3. The van der Waals surface area contributed by atoms with Crippen LogP contribution in [0.3, 0.4) is 0 Å². The van der Waals surface area contributed by atoms with Crippen LogP contribution in [0.1, 0.15) is 24.7 Å². The van der Waals surface area contributed by atoms with Crippen LogP contribution in [0.25, 0.3) is 33.8 Å². The van der Waals surface area contributed by atoms with Crippen LogP contribution in [0.2, 0.25) is 0 Å². The van der Waals surface area contributed by atoms with Gasteiger partial charge < -0.3 is 24.9 Å². The lowest BCUT2D eigenvalue weighted by atomic mass is 10.00. The number of benzene rings is 2. The van der Waals surface area contributed by atoms with Crippen molar-refractivity contribution in [1.29, 1.82) is 0 Å². The molecule has 0 saturated heterocycles. The molecule has 150 valence electrons. The van der Waals surface area contributed by atoms with Crippen molar-refractivity contribution < 1.29 is 19.2 Å². The average molecular weight is 393 g/mol. The number of hydrogen-bond donors (Lipinski definition) is 3. The molecule has 7 nitrogen and oxygen atoms in total. The smallest absolute Gasteiger partial charge is 0.258 e. The summed E-state index contributed by atoms with van der Waals surface area (Å²) in [5, 5.41) is 23.8. The Labute approximate surface area is 167 Å². The van der Waals surface area contributed by atoms with Gasteiger partial charge in [-0.15, -0.1) is 0 Å². The van der Waals surface area contributed by atoms with E-state index in [1.807, 2.05) is 24.3 Å². The molecule has 4 aromatic rings. The van der Waals surface area contributed by atoms with Gasteiger partial charge in [-0.3, -0.25) is 0 Å². The van der Waals surface area contributed by atoms with E-state index in [0.717, 1.165) is 29.4 Å². The molecule has 0 amide bonds. The van der Waals surface area contributed by atoms with Gasteiger partial charge >= 0.3 is 0 Å². The minimum absolute atomic E-state index is 0.315. The average Bonchev–Trinajstić information content (AvgIpc) is 3.41. The monoisotopic (exact) mass is 393 g/mol. The lowest BCUT2D eigenvalue weighted by molar-refractivity contribution is 0.105. The summed E-state index contributed by atoms with van der Waals surface area (Å²) >= 11 is 0. The first-order valence-electron chi connectivity index (χ1n) is 9.54. The third kappa shape index (κ3) is 3.67. The van der Waals surface area contributed by atoms with Gasteiger partial charge in [0.2, 0.25) is 5.82 Å². The van der Waals surface area contributed by atoms with E-state index in [-0.39, 0.29) is 0 Å². The van der Waals surface area contributed by atoms with Gasteiger partial charge in [0.25, 0.3) is 5.89 Å². The zero-order valence-corrected chi connectivity index (χ0v) is 16.1. The topological polar surface area (TPSA) is 119 Å². The summed E-state index contributed by atoms with van der Waals surface area (Å²) in [6.07, 6.45) is 2.14. The van der Waals surface area contributed by atoms with Gasteiger partial charge in [0, 0.05) is 16.5 Å². The molecule has 0 aliphatic heterocycles. The zero-order valence-electron chi connectivity index (χ0n) is 16.1. The molecule has 4 N–H and O–H groups in total. The number of fused-ring (bicyclic) bond motifs is 1. The molecule has 29 heavy (non-hydrogen) atoms. The lowest BCUT2D eigenvalue weighted by Gasteiger charge is -2.21. The Morgan fingerprint density at radius 1 is 1.00 bits per heavy atom. The van der Waals surface area contributed by atoms with Crippen LogP contribution in [-0.2, 0) is 12.0 Å². The molecular formula is C22H23N3O4. The highest BCUT2D eigenvalue weighted by Gasteiger charge is 2.30. The maximum atomic E-state index is 9.48. The Balaban J connectivity index is 1.63. The van der Waals surface area contributed by atoms with Crippen molar-refractivity contribution in [1.82, 2.24) is 10.1 Å². The largest absolute Gasteiger partial charge is 0.459 e. The Morgan fingerprint density at radius 3 is 2.41 bits per heavy atom. The summed E-state index contributed by atoms with van der Waals surface area (Å²) in [4.78, 5) is 4.51. The summed E-state index contributed by atoms with van der Waals surface area (Å²) in [5.41, 5.74) is 8.17. The molecule has 0 radical (unpaired) electrons. The fourth-order valence-corrected chi connectivity index (χ4v) is 3.19. The van der Waals surface area contributed by atoms with Gasteiger partial charge in [-0.05, 0) is 48.4 Å². The summed E-state index contributed by atoms with van der Waals surface area (Å²) in [6.45, 7) is 1.29. The normalized spacial score (nSPS) is 12.0. The number of furan rings is 1. The summed E-state index contributed by atoms with van der Waals surface area (Å²) in [7, 11) is 0. The number of aromatic nitrogens is 2. The van der Waals surface area contributed by atoms with Crippen molar-refractivity contribution in [2.75, 3.05) is 13.2 Å². The van der Waals surface area contributed by atoms with E-state index in [1.54, 1.807) is 12.1 Å². The fourth-order valence-electron chi connectivity index (χ4n) is 3.19. The second-order valence-corrected chi connectivity index (χ2v) is 7.21. The van der Waals surface area contributed by atoms with Gasteiger partial charge in [0.05, 0.1) is 13.2 Å². The second-order valence-electron chi connectivity index (χ2n) is 7.21. The molecule has 0 atom stereocenters. The van der Waals surface area contributed by atoms with E-state index in [9.17, 15) is 10.2 Å². The van der Waals surface area contributed by atoms with Crippen LogP contribution in [0.4, 0.5) is 0 Å². The number of aryl methyl sites for hydroxylation is 1. The maximum absolute atomic E-state index is 9.48. The highest BCUT2D eigenvalue weighted by Crippen LogP contribution is 2.30. The number of nitrogens with zero attached hydrogens (tertiary/aromatic N) is 2. The van der Waals surface area contributed by atoms with Crippen LogP contribution in [-0.4, -0.2) is 33.6 Å². The third-order valence-electron chi connectivity index (χ3n) is 5.00. The van der Waals surface area contributed by atoms with E-state index in [4.69, 9.17) is 14.7 Å². The number of nitrogens with two attached hydrogens (primary N) is 1. The van der Waals surface area contributed by atoms with Crippen molar-refractivity contribution in [3.05, 3.63) is 59.9 Å². The van der Waals surface area contributed by atoms with E-state index >= 15 is 0 Å². The SMILES string of the molecule is CCCc1ccc(-c2nc(-c3ccc4oc(C(N)(CO)CO)cc4c3)no2)cc1. The number of aliphatic hydroxyl groups excluding tert-OH is 2. The molecular weight excluding hydrogens is 370 g/mol. The lowest BCUT2D eigenvalue weighted by Crippen LogP contribution is -2.43. The van der Waals surface area contributed by atoms with Crippen LogP contribution >= 0.6 is 0 Å². The molecule has 0 spiro atoms. The quantitative estimate of drug-likeness (QED) is 0.441. The minimum Gasteiger partial charge on any atom is -0.459 e. The van der Waals surface area contributed by atoms with Crippen LogP contribution < -0.4 is 5.73 Å². The van der Waals surface area contributed by atoms with Crippen molar-refractivity contribution in [3.8, 4) is 22.8 Å². The molecule has 0 aliphatic carbocycles. The predicted octanol–water partition coefficient (Wildman–Crippen LogP) is 3.24.